The topological polar surface area (TPSA) is 99.4 Å². The molecule has 2 aromatic carbocycles. The molecule has 0 unspecified atom stereocenters. The Bertz CT molecular complexity index is 1570. The van der Waals surface area contributed by atoms with E-state index in [-0.39, 0.29) is 24.7 Å². The number of phenols is 1. The fourth-order valence-corrected chi connectivity index (χ4v) is 6.28. The van der Waals surface area contributed by atoms with Gasteiger partial charge in [-0.3, -0.25) is 9.36 Å². The third-order valence-corrected chi connectivity index (χ3v) is 7.76. The van der Waals surface area contributed by atoms with Gasteiger partial charge in [0.2, 0.25) is 6.79 Å². The number of fused-ring (bicyclic) bond motifs is 2. The number of rotatable bonds is 4. The van der Waals surface area contributed by atoms with E-state index in [1.54, 1.807) is 44.2 Å². The van der Waals surface area contributed by atoms with Crippen LogP contribution in [0.3, 0.4) is 0 Å². The number of aromatic hydroxyl groups is 1. The van der Waals surface area contributed by atoms with Crippen molar-refractivity contribution in [2.75, 3.05) is 13.4 Å². The van der Waals surface area contributed by atoms with Crippen LogP contribution in [0, 0.1) is 0 Å². The molecule has 1 aromatic heterocycles. The van der Waals surface area contributed by atoms with Crippen molar-refractivity contribution in [3.8, 4) is 17.2 Å². The molecular weight excluding hydrogens is 604 g/mol. The number of aromatic nitrogens is 1. The van der Waals surface area contributed by atoms with Crippen molar-refractivity contribution >= 4 is 55.2 Å². The van der Waals surface area contributed by atoms with Gasteiger partial charge < -0.3 is 19.3 Å². The zero-order valence-corrected chi connectivity index (χ0v) is 22.5. The Morgan fingerprint density at radius 3 is 2.69 bits per heavy atom. The number of nitrogens with zero attached hydrogens (tertiary/aromatic N) is 2. The highest BCUT2D eigenvalue weighted by molar-refractivity contribution is 9.11. The summed E-state index contributed by atoms with van der Waals surface area (Å²) >= 11 is 7.86. The highest BCUT2D eigenvalue weighted by Gasteiger charge is 2.34. The molecular formula is C24H18Br2N2O6S. The minimum atomic E-state index is -0.750. The highest BCUT2D eigenvalue weighted by atomic mass is 79.9. The number of ether oxygens (including phenoxy) is 3. The van der Waals surface area contributed by atoms with Crippen LogP contribution in [0.15, 0.2) is 60.3 Å². The second-order valence-corrected chi connectivity index (χ2v) is 10.5. The summed E-state index contributed by atoms with van der Waals surface area (Å²) in [6.07, 6.45) is 1.72. The Kier molecular flexibility index (Phi) is 6.32. The molecule has 0 fully saturated rings. The van der Waals surface area contributed by atoms with Crippen molar-refractivity contribution in [3.63, 3.8) is 0 Å². The second kappa shape index (κ2) is 9.29. The van der Waals surface area contributed by atoms with Crippen LogP contribution in [-0.2, 0) is 9.53 Å². The lowest BCUT2D eigenvalue weighted by molar-refractivity contribution is -0.139. The number of hydrogen-bond acceptors (Lipinski definition) is 8. The normalized spacial score (nSPS) is 16.8. The summed E-state index contributed by atoms with van der Waals surface area (Å²) in [6.45, 7) is 3.77. The Morgan fingerprint density at radius 2 is 1.97 bits per heavy atom. The number of allylic oxidation sites excluding steroid dienone is 1. The van der Waals surface area contributed by atoms with Crippen molar-refractivity contribution < 1.29 is 24.1 Å². The zero-order chi connectivity index (χ0) is 24.9. The molecule has 8 nitrogen and oxygen atoms in total. The van der Waals surface area contributed by atoms with Gasteiger partial charge in [0.15, 0.2) is 16.3 Å². The van der Waals surface area contributed by atoms with Gasteiger partial charge in [-0.15, -0.1) is 0 Å². The summed E-state index contributed by atoms with van der Waals surface area (Å²) in [5, 5.41) is 10.0. The molecule has 3 heterocycles. The highest BCUT2D eigenvalue weighted by Crippen LogP contribution is 2.38. The van der Waals surface area contributed by atoms with Crippen molar-refractivity contribution in [2.24, 2.45) is 4.99 Å². The summed E-state index contributed by atoms with van der Waals surface area (Å²) in [4.78, 5) is 31.7. The van der Waals surface area contributed by atoms with Crippen LogP contribution in [0.4, 0.5) is 0 Å². The second-order valence-electron chi connectivity index (χ2n) is 7.75. The maximum atomic E-state index is 13.7. The number of halogens is 2. The molecule has 0 aliphatic carbocycles. The smallest absolute Gasteiger partial charge is 0.338 e. The molecule has 0 radical (unpaired) electrons. The van der Waals surface area contributed by atoms with Crippen LogP contribution < -0.4 is 24.4 Å². The third kappa shape index (κ3) is 4.21. The van der Waals surface area contributed by atoms with E-state index < -0.39 is 12.0 Å². The maximum Gasteiger partial charge on any atom is 0.338 e. The molecule has 11 heteroatoms. The molecule has 35 heavy (non-hydrogen) atoms. The summed E-state index contributed by atoms with van der Waals surface area (Å²) in [6, 6.07) is 8.01. The Morgan fingerprint density at radius 1 is 1.26 bits per heavy atom. The van der Waals surface area contributed by atoms with Crippen molar-refractivity contribution in [1.82, 2.24) is 4.57 Å². The van der Waals surface area contributed by atoms with E-state index >= 15 is 0 Å². The van der Waals surface area contributed by atoms with E-state index in [2.05, 4.69) is 36.9 Å². The SMILES string of the molecule is CCOC(=O)C1=C(C)N=c2s/c(=C\c3cc(Br)c(O)c(Br)c3)c(=O)n2[C@@H]1c1ccc2c(c1)OCO2. The van der Waals surface area contributed by atoms with E-state index in [1.807, 2.05) is 6.07 Å². The van der Waals surface area contributed by atoms with Crippen LogP contribution >= 0.6 is 43.2 Å². The molecule has 0 saturated carbocycles. The molecule has 5 rings (SSSR count). The first-order chi connectivity index (χ1) is 16.8. The number of thiazole rings is 1. The van der Waals surface area contributed by atoms with Gasteiger partial charge in [0.25, 0.3) is 5.56 Å². The van der Waals surface area contributed by atoms with Crippen LogP contribution in [0.5, 0.6) is 17.2 Å². The number of carbonyl (C=O) groups is 1. The van der Waals surface area contributed by atoms with Gasteiger partial charge in [0.1, 0.15) is 5.75 Å². The minimum absolute atomic E-state index is 0.0705. The number of phenolic OH excluding ortho intramolecular Hbond substituents is 1. The number of benzene rings is 2. The Balaban J connectivity index is 1.73. The lowest BCUT2D eigenvalue weighted by Crippen LogP contribution is -2.39. The molecule has 2 aliphatic heterocycles. The van der Waals surface area contributed by atoms with E-state index in [0.717, 1.165) is 0 Å². The third-order valence-electron chi connectivity index (χ3n) is 5.57. The fraction of sp³-hybridized carbons (Fsp3) is 0.208. The van der Waals surface area contributed by atoms with Crippen molar-refractivity contribution in [1.29, 1.82) is 0 Å². The standard InChI is InChI=1S/C24H18Br2N2O6S/c1-3-32-23(31)19-11(2)27-24-28(20(19)13-4-5-16-17(9-13)34-10-33-16)22(30)18(35-24)8-12-6-14(25)21(29)15(26)7-12/h4-9,20,29H,3,10H2,1-2H3/b18-8-/t20-/m1/s1. The van der Waals surface area contributed by atoms with E-state index in [4.69, 9.17) is 14.2 Å². The predicted octanol–water partition coefficient (Wildman–Crippen LogP) is 3.76. The molecule has 3 aromatic rings. The van der Waals surface area contributed by atoms with Gasteiger partial charge in [-0.05, 0) is 87.2 Å². The van der Waals surface area contributed by atoms with E-state index in [0.29, 0.717) is 52.2 Å². The van der Waals surface area contributed by atoms with Crippen LogP contribution in [-0.4, -0.2) is 29.0 Å². The molecule has 0 bridgehead atoms. The quantitative estimate of drug-likeness (QED) is 0.446. The van der Waals surface area contributed by atoms with Gasteiger partial charge in [-0.1, -0.05) is 17.4 Å². The summed E-state index contributed by atoms with van der Waals surface area (Å²) in [5.74, 6) is 0.683. The van der Waals surface area contributed by atoms with Crippen LogP contribution in [0.25, 0.3) is 6.08 Å². The summed E-state index contributed by atoms with van der Waals surface area (Å²) in [5.41, 5.74) is 1.85. The van der Waals surface area contributed by atoms with Crippen molar-refractivity contribution in [3.05, 3.63) is 81.4 Å². The molecule has 1 atom stereocenters. The molecule has 0 spiro atoms. The lowest BCUT2D eigenvalue weighted by atomic mass is 9.95. The molecule has 1 N–H and O–H groups in total. The van der Waals surface area contributed by atoms with Gasteiger partial charge in [0, 0.05) is 0 Å². The molecule has 0 amide bonds. The zero-order valence-electron chi connectivity index (χ0n) is 18.5. The van der Waals surface area contributed by atoms with E-state index in [1.165, 1.54) is 15.9 Å². The van der Waals surface area contributed by atoms with Gasteiger partial charge in [-0.2, -0.15) is 0 Å². The first-order valence-electron chi connectivity index (χ1n) is 10.6. The number of hydrogen-bond donors (Lipinski definition) is 1. The van der Waals surface area contributed by atoms with Crippen molar-refractivity contribution in [2.45, 2.75) is 19.9 Å². The summed E-state index contributed by atoms with van der Waals surface area (Å²) in [7, 11) is 0. The predicted molar refractivity (Wildman–Crippen MR) is 136 cm³/mol. The first-order valence-corrected chi connectivity index (χ1v) is 13.0. The summed E-state index contributed by atoms with van der Waals surface area (Å²) < 4.78 is 19.2. The Labute approximate surface area is 220 Å². The molecule has 2 aliphatic rings. The van der Waals surface area contributed by atoms with Gasteiger partial charge >= 0.3 is 5.97 Å². The fourth-order valence-electron chi connectivity index (χ4n) is 4.01. The average molecular weight is 622 g/mol. The first kappa shape index (κ1) is 23.8. The van der Waals surface area contributed by atoms with Gasteiger partial charge in [0.05, 0.1) is 37.4 Å². The number of carbonyl (C=O) groups excluding carboxylic acids is 1. The minimum Gasteiger partial charge on any atom is -0.506 e. The molecule has 180 valence electrons. The Hall–Kier alpha value is -2.89. The average Bonchev–Trinajstić information content (AvgIpc) is 3.40. The largest absolute Gasteiger partial charge is 0.506 e. The molecule has 0 saturated heterocycles. The van der Waals surface area contributed by atoms with E-state index in [9.17, 15) is 14.7 Å². The van der Waals surface area contributed by atoms with Gasteiger partial charge in [-0.25, -0.2) is 9.79 Å². The maximum absolute atomic E-state index is 13.7. The monoisotopic (exact) mass is 620 g/mol. The van der Waals surface area contributed by atoms with Crippen LogP contribution in [0.2, 0.25) is 0 Å². The lowest BCUT2D eigenvalue weighted by Gasteiger charge is -2.24. The number of esters is 1. The van der Waals surface area contributed by atoms with Crippen LogP contribution in [0.1, 0.15) is 31.0 Å².